The van der Waals surface area contributed by atoms with Crippen LogP contribution in [0.5, 0.6) is 0 Å². The van der Waals surface area contributed by atoms with Crippen LogP contribution >= 0.6 is 27.5 Å². The first-order valence-electron chi connectivity index (χ1n) is 5.93. The summed E-state index contributed by atoms with van der Waals surface area (Å²) in [4.78, 5) is 0.132. The molecule has 4 nitrogen and oxygen atoms in total. The first kappa shape index (κ1) is 15.1. The van der Waals surface area contributed by atoms with Gasteiger partial charge in [0.15, 0.2) is 0 Å². The van der Waals surface area contributed by atoms with Crippen LogP contribution in [0, 0.1) is 0 Å². The Morgan fingerprint density at radius 1 is 1.42 bits per heavy atom. The average Bonchev–Trinajstić information content (AvgIpc) is 2.63. The fourth-order valence-electron chi connectivity index (χ4n) is 2.42. The van der Waals surface area contributed by atoms with E-state index in [1.807, 2.05) is 13.8 Å². The Hall–Kier alpha value is -0.300. The summed E-state index contributed by atoms with van der Waals surface area (Å²) in [6.45, 7) is 4.38. The van der Waals surface area contributed by atoms with Crippen LogP contribution in [0.1, 0.15) is 26.7 Å². The van der Waals surface area contributed by atoms with Crippen LogP contribution in [0.2, 0.25) is 5.02 Å². The number of hydrogen-bond acceptors (Lipinski definition) is 3. The Morgan fingerprint density at radius 2 is 2.05 bits per heavy atom. The first-order valence-corrected chi connectivity index (χ1v) is 8.55. The van der Waals surface area contributed by atoms with E-state index in [2.05, 4.69) is 15.9 Å². The van der Waals surface area contributed by atoms with Gasteiger partial charge in [-0.2, -0.15) is 4.31 Å². The lowest BCUT2D eigenvalue weighted by molar-refractivity contribution is 0.291. The average molecular weight is 368 g/mol. The summed E-state index contributed by atoms with van der Waals surface area (Å²) in [6, 6.07) is 2.96. The molecule has 0 atom stereocenters. The molecule has 0 spiro atoms. The molecule has 1 aliphatic heterocycles. The molecule has 0 amide bonds. The number of nitrogen functional groups attached to an aromatic ring is 1. The van der Waals surface area contributed by atoms with Crippen LogP contribution in [0.3, 0.4) is 0 Å². The van der Waals surface area contributed by atoms with Crippen LogP contribution in [0.4, 0.5) is 5.69 Å². The van der Waals surface area contributed by atoms with Gasteiger partial charge in [0, 0.05) is 22.8 Å². The van der Waals surface area contributed by atoms with Gasteiger partial charge in [0.25, 0.3) is 0 Å². The van der Waals surface area contributed by atoms with E-state index in [1.54, 1.807) is 0 Å². The van der Waals surface area contributed by atoms with Crippen LogP contribution in [-0.2, 0) is 10.0 Å². The highest BCUT2D eigenvalue weighted by molar-refractivity contribution is 9.10. The molecule has 0 saturated carbocycles. The third kappa shape index (κ3) is 2.63. The number of benzene rings is 1. The molecule has 1 fully saturated rings. The molecule has 0 bridgehead atoms. The molecule has 1 aromatic carbocycles. The van der Waals surface area contributed by atoms with Gasteiger partial charge in [0.05, 0.1) is 9.37 Å². The number of halogens is 2. The molecule has 1 heterocycles. The molecule has 7 heteroatoms. The number of nitrogens with two attached hydrogens (primary N) is 1. The van der Waals surface area contributed by atoms with Crippen LogP contribution in [-0.4, -0.2) is 24.8 Å². The lowest BCUT2D eigenvalue weighted by atomic mass is 10.0. The number of nitrogens with zero attached hydrogens (tertiary/aromatic N) is 1. The monoisotopic (exact) mass is 366 g/mol. The van der Waals surface area contributed by atoms with Crippen molar-refractivity contribution in [2.45, 2.75) is 37.1 Å². The highest BCUT2D eigenvalue weighted by Gasteiger charge is 2.41. The molecule has 0 radical (unpaired) electrons. The third-order valence-electron chi connectivity index (χ3n) is 3.43. The molecule has 1 aromatic rings. The standard InChI is InChI=1S/C12H16BrClN2O2S/c1-12(2)4-3-5-16(12)19(17,18)10-7-8(14)6-9(15)11(10)13/h6-7H,3-5,15H2,1-2H3. The summed E-state index contributed by atoms with van der Waals surface area (Å²) >= 11 is 9.17. The SMILES string of the molecule is CC1(C)CCCN1S(=O)(=O)c1cc(Cl)cc(N)c1Br. The van der Waals surface area contributed by atoms with Gasteiger partial charge < -0.3 is 5.73 Å². The minimum absolute atomic E-state index is 0.132. The minimum atomic E-state index is -3.60. The van der Waals surface area contributed by atoms with Gasteiger partial charge in [-0.25, -0.2) is 8.42 Å². The van der Waals surface area contributed by atoms with Crippen molar-refractivity contribution in [2.24, 2.45) is 0 Å². The van der Waals surface area contributed by atoms with E-state index in [9.17, 15) is 8.42 Å². The van der Waals surface area contributed by atoms with Crippen LogP contribution < -0.4 is 5.73 Å². The molecule has 0 unspecified atom stereocenters. The fraction of sp³-hybridized carbons (Fsp3) is 0.500. The van der Waals surface area contributed by atoms with Crippen LogP contribution in [0.15, 0.2) is 21.5 Å². The highest BCUT2D eigenvalue weighted by atomic mass is 79.9. The number of anilines is 1. The predicted octanol–water partition coefficient (Wildman–Crippen LogP) is 3.25. The van der Waals surface area contributed by atoms with Gasteiger partial charge in [-0.15, -0.1) is 0 Å². The quantitative estimate of drug-likeness (QED) is 0.816. The maximum atomic E-state index is 12.8. The largest absolute Gasteiger partial charge is 0.398 e. The van der Waals surface area contributed by atoms with Gasteiger partial charge in [-0.3, -0.25) is 0 Å². The summed E-state index contributed by atoms with van der Waals surface area (Å²) in [5.41, 5.74) is 5.71. The van der Waals surface area contributed by atoms with Gasteiger partial charge in [-0.05, 0) is 54.8 Å². The van der Waals surface area contributed by atoms with Crippen molar-refractivity contribution in [3.8, 4) is 0 Å². The lowest BCUT2D eigenvalue weighted by Gasteiger charge is -2.31. The maximum absolute atomic E-state index is 12.8. The molecular formula is C12H16BrClN2O2S. The van der Waals surface area contributed by atoms with Gasteiger partial charge in [0.1, 0.15) is 0 Å². The Kier molecular flexibility index (Phi) is 3.90. The van der Waals surface area contributed by atoms with E-state index in [1.165, 1.54) is 16.4 Å². The van der Waals surface area contributed by atoms with Gasteiger partial charge in [0.2, 0.25) is 10.0 Å². The summed E-state index contributed by atoms with van der Waals surface area (Å²) in [5.74, 6) is 0. The zero-order valence-electron chi connectivity index (χ0n) is 10.8. The number of rotatable bonds is 2. The minimum Gasteiger partial charge on any atom is -0.398 e. The van der Waals surface area contributed by atoms with E-state index in [4.69, 9.17) is 17.3 Å². The van der Waals surface area contributed by atoms with Crippen molar-refractivity contribution in [2.75, 3.05) is 12.3 Å². The van der Waals surface area contributed by atoms with Crippen molar-refractivity contribution in [3.63, 3.8) is 0 Å². The van der Waals surface area contributed by atoms with E-state index < -0.39 is 10.0 Å². The van der Waals surface area contributed by atoms with Crippen molar-refractivity contribution >= 4 is 43.2 Å². The molecule has 1 aliphatic rings. The second-order valence-electron chi connectivity index (χ2n) is 5.30. The molecule has 19 heavy (non-hydrogen) atoms. The van der Waals surface area contributed by atoms with Gasteiger partial charge >= 0.3 is 0 Å². The number of hydrogen-bond donors (Lipinski definition) is 1. The Bertz CT molecular complexity index is 616. The summed E-state index contributed by atoms with van der Waals surface area (Å²) in [6.07, 6.45) is 1.71. The smallest absolute Gasteiger partial charge is 0.244 e. The normalized spacial score (nSPS) is 19.8. The van der Waals surface area contributed by atoms with Crippen molar-refractivity contribution in [1.82, 2.24) is 4.31 Å². The zero-order chi connectivity index (χ0) is 14.4. The molecule has 2 N–H and O–H groups in total. The van der Waals surface area contributed by atoms with Crippen LogP contribution in [0.25, 0.3) is 0 Å². The third-order valence-corrected chi connectivity index (χ3v) is 6.93. The highest BCUT2D eigenvalue weighted by Crippen LogP contribution is 2.38. The topological polar surface area (TPSA) is 63.4 Å². The molecule has 1 saturated heterocycles. The number of sulfonamides is 1. The zero-order valence-corrected chi connectivity index (χ0v) is 13.9. The second kappa shape index (κ2) is 4.91. The van der Waals surface area contributed by atoms with E-state index in [-0.39, 0.29) is 10.4 Å². The maximum Gasteiger partial charge on any atom is 0.244 e. The summed E-state index contributed by atoms with van der Waals surface area (Å²) < 4.78 is 27.4. The van der Waals surface area contributed by atoms with Crippen molar-refractivity contribution in [3.05, 3.63) is 21.6 Å². The molecule has 106 valence electrons. The Balaban J connectivity index is 2.58. The van der Waals surface area contributed by atoms with E-state index in [0.29, 0.717) is 21.7 Å². The molecule has 0 aliphatic carbocycles. The van der Waals surface area contributed by atoms with E-state index >= 15 is 0 Å². The van der Waals surface area contributed by atoms with Gasteiger partial charge in [-0.1, -0.05) is 11.6 Å². The summed E-state index contributed by atoms with van der Waals surface area (Å²) in [5, 5.41) is 0.316. The molecule has 0 aromatic heterocycles. The first-order chi connectivity index (χ1) is 8.66. The Labute approximate surface area is 127 Å². The predicted molar refractivity (Wildman–Crippen MR) is 80.8 cm³/mol. The lowest BCUT2D eigenvalue weighted by Crippen LogP contribution is -2.42. The Morgan fingerprint density at radius 3 is 2.58 bits per heavy atom. The van der Waals surface area contributed by atoms with Crippen molar-refractivity contribution < 1.29 is 8.42 Å². The van der Waals surface area contributed by atoms with Crippen molar-refractivity contribution in [1.29, 1.82) is 0 Å². The molecular weight excluding hydrogens is 352 g/mol. The second-order valence-corrected chi connectivity index (χ2v) is 8.36. The summed E-state index contributed by atoms with van der Waals surface area (Å²) in [7, 11) is -3.60. The van der Waals surface area contributed by atoms with E-state index in [0.717, 1.165) is 12.8 Å². The fourth-order valence-corrected chi connectivity index (χ4v) is 5.52. The molecule has 2 rings (SSSR count).